The number of nitrogens with one attached hydrogen (secondary N) is 2. The second kappa shape index (κ2) is 7.21. The molecule has 0 heterocycles. The molecular formula is C18H18F2N2O2. The first-order valence-electron chi connectivity index (χ1n) is 7.39. The largest absolute Gasteiger partial charge is 0.351 e. The summed E-state index contributed by atoms with van der Waals surface area (Å²) in [7, 11) is 0. The lowest BCUT2D eigenvalue weighted by Crippen LogP contribution is -2.44. The molecule has 24 heavy (non-hydrogen) atoms. The van der Waals surface area contributed by atoms with Gasteiger partial charge in [-0.3, -0.25) is 9.59 Å². The topological polar surface area (TPSA) is 58.2 Å². The van der Waals surface area contributed by atoms with Crippen LogP contribution in [0.4, 0.5) is 14.5 Å². The maximum absolute atomic E-state index is 13.2. The van der Waals surface area contributed by atoms with Crippen molar-refractivity contribution in [3.63, 3.8) is 0 Å². The fourth-order valence-electron chi connectivity index (χ4n) is 1.96. The third-order valence-electron chi connectivity index (χ3n) is 3.58. The summed E-state index contributed by atoms with van der Waals surface area (Å²) >= 11 is 0. The first kappa shape index (κ1) is 17.6. The van der Waals surface area contributed by atoms with Gasteiger partial charge in [0, 0.05) is 12.2 Å². The van der Waals surface area contributed by atoms with Gasteiger partial charge in [0.2, 0.25) is 11.8 Å². The minimum atomic E-state index is -1.35. The van der Waals surface area contributed by atoms with Crippen LogP contribution in [-0.4, -0.2) is 11.8 Å². The van der Waals surface area contributed by atoms with Crippen molar-refractivity contribution in [2.45, 2.75) is 20.4 Å². The lowest BCUT2D eigenvalue weighted by atomic mass is 9.90. The van der Waals surface area contributed by atoms with E-state index in [2.05, 4.69) is 10.6 Å². The van der Waals surface area contributed by atoms with Gasteiger partial charge in [-0.1, -0.05) is 18.2 Å². The molecule has 0 bridgehead atoms. The van der Waals surface area contributed by atoms with Crippen LogP contribution in [0.25, 0.3) is 0 Å². The molecule has 0 unspecified atom stereocenters. The van der Waals surface area contributed by atoms with Gasteiger partial charge in [0.25, 0.3) is 0 Å². The fourth-order valence-corrected chi connectivity index (χ4v) is 1.96. The Bertz CT molecular complexity index is 743. The first-order valence-corrected chi connectivity index (χ1v) is 7.39. The predicted molar refractivity (Wildman–Crippen MR) is 87.1 cm³/mol. The van der Waals surface area contributed by atoms with Gasteiger partial charge in [-0.05, 0) is 49.7 Å². The van der Waals surface area contributed by atoms with E-state index in [1.54, 1.807) is 12.1 Å². The number of rotatable bonds is 5. The molecule has 126 valence electrons. The molecule has 2 amide bonds. The standard InChI is InChI=1S/C18H18F2N2O2/c1-18(2,17(24)22-15-5-3-4-14(20)10-15)16(23)21-11-12-6-8-13(19)9-7-12/h3-10H,11H2,1-2H3,(H,21,23)(H,22,24). The molecule has 0 radical (unpaired) electrons. The van der Waals surface area contributed by atoms with E-state index in [1.165, 1.54) is 50.2 Å². The zero-order chi connectivity index (χ0) is 17.7. The summed E-state index contributed by atoms with van der Waals surface area (Å²) in [5.41, 5.74) is -0.364. The van der Waals surface area contributed by atoms with Crippen molar-refractivity contribution in [1.82, 2.24) is 5.32 Å². The van der Waals surface area contributed by atoms with Crippen LogP contribution in [0.1, 0.15) is 19.4 Å². The SMILES string of the molecule is CC(C)(C(=O)NCc1ccc(F)cc1)C(=O)Nc1cccc(F)c1. The number of hydrogen-bond donors (Lipinski definition) is 2. The van der Waals surface area contributed by atoms with Gasteiger partial charge in [-0.15, -0.1) is 0 Å². The normalized spacial score (nSPS) is 11.0. The second-order valence-electron chi connectivity index (χ2n) is 5.90. The molecule has 0 spiro atoms. The number of halogens is 2. The minimum absolute atomic E-state index is 0.176. The van der Waals surface area contributed by atoms with E-state index in [1.807, 2.05) is 0 Å². The Morgan fingerprint density at radius 3 is 2.25 bits per heavy atom. The highest BCUT2D eigenvalue weighted by atomic mass is 19.1. The third kappa shape index (κ3) is 4.38. The molecule has 4 nitrogen and oxygen atoms in total. The maximum atomic E-state index is 13.2. The van der Waals surface area contributed by atoms with Crippen LogP contribution in [-0.2, 0) is 16.1 Å². The molecule has 2 rings (SSSR count). The Morgan fingerprint density at radius 2 is 1.62 bits per heavy atom. The summed E-state index contributed by atoms with van der Waals surface area (Å²) in [6, 6.07) is 11.1. The summed E-state index contributed by atoms with van der Waals surface area (Å²) < 4.78 is 26.0. The van der Waals surface area contributed by atoms with Crippen LogP contribution >= 0.6 is 0 Å². The average molecular weight is 332 g/mol. The summed E-state index contributed by atoms with van der Waals surface area (Å²) in [6.45, 7) is 3.12. The highest BCUT2D eigenvalue weighted by Gasteiger charge is 2.35. The van der Waals surface area contributed by atoms with Crippen LogP contribution < -0.4 is 10.6 Å². The average Bonchev–Trinajstić information content (AvgIpc) is 2.54. The number of anilines is 1. The molecule has 0 aliphatic heterocycles. The van der Waals surface area contributed by atoms with Crippen LogP contribution in [0.5, 0.6) is 0 Å². The molecule has 0 atom stereocenters. The second-order valence-corrected chi connectivity index (χ2v) is 5.90. The van der Waals surface area contributed by atoms with E-state index in [0.717, 1.165) is 0 Å². The van der Waals surface area contributed by atoms with Crippen LogP contribution in [0.2, 0.25) is 0 Å². The van der Waals surface area contributed by atoms with Crippen molar-refractivity contribution >= 4 is 17.5 Å². The lowest BCUT2D eigenvalue weighted by Gasteiger charge is -2.22. The number of carbonyl (C=O) groups excluding carboxylic acids is 2. The van der Waals surface area contributed by atoms with Gasteiger partial charge in [0.05, 0.1) is 0 Å². The van der Waals surface area contributed by atoms with Gasteiger partial charge >= 0.3 is 0 Å². The molecule has 2 N–H and O–H groups in total. The molecule has 2 aromatic rings. The molecule has 6 heteroatoms. The van der Waals surface area contributed by atoms with E-state index in [4.69, 9.17) is 0 Å². The third-order valence-corrected chi connectivity index (χ3v) is 3.58. The van der Waals surface area contributed by atoms with E-state index >= 15 is 0 Å². The van der Waals surface area contributed by atoms with E-state index in [9.17, 15) is 18.4 Å². The van der Waals surface area contributed by atoms with Crippen molar-refractivity contribution in [1.29, 1.82) is 0 Å². The lowest BCUT2D eigenvalue weighted by molar-refractivity contribution is -0.138. The Balaban J connectivity index is 1.98. The van der Waals surface area contributed by atoms with Crippen LogP contribution in [0.15, 0.2) is 48.5 Å². The smallest absolute Gasteiger partial charge is 0.239 e. The number of benzene rings is 2. The summed E-state index contributed by atoms with van der Waals surface area (Å²) in [5, 5.41) is 5.16. The Labute approximate surface area is 138 Å². The van der Waals surface area contributed by atoms with Gasteiger partial charge in [0.15, 0.2) is 0 Å². The Kier molecular flexibility index (Phi) is 5.28. The highest BCUT2D eigenvalue weighted by molar-refractivity contribution is 6.09. The number of amides is 2. The maximum Gasteiger partial charge on any atom is 0.239 e. The zero-order valence-electron chi connectivity index (χ0n) is 13.4. The van der Waals surface area contributed by atoms with E-state index < -0.39 is 23.0 Å². The molecule has 0 fully saturated rings. The predicted octanol–water partition coefficient (Wildman–Crippen LogP) is 3.25. The van der Waals surface area contributed by atoms with E-state index in [-0.39, 0.29) is 18.0 Å². The monoisotopic (exact) mass is 332 g/mol. The minimum Gasteiger partial charge on any atom is -0.351 e. The van der Waals surface area contributed by atoms with Crippen molar-refractivity contribution in [3.05, 3.63) is 65.7 Å². The Morgan fingerprint density at radius 1 is 0.958 bits per heavy atom. The molecular weight excluding hydrogens is 314 g/mol. The van der Waals surface area contributed by atoms with Crippen molar-refractivity contribution in [2.24, 2.45) is 5.41 Å². The van der Waals surface area contributed by atoms with Crippen LogP contribution in [0, 0.1) is 17.0 Å². The fraction of sp³-hybridized carbons (Fsp3) is 0.222. The van der Waals surface area contributed by atoms with Gasteiger partial charge in [0.1, 0.15) is 17.0 Å². The molecule has 2 aromatic carbocycles. The van der Waals surface area contributed by atoms with Crippen LogP contribution in [0.3, 0.4) is 0 Å². The molecule has 0 saturated carbocycles. The van der Waals surface area contributed by atoms with Gasteiger partial charge in [-0.2, -0.15) is 0 Å². The number of carbonyl (C=O) groups is 2. The number of hydrogen-bond acceptors (Lipinski definition) is 2. The quantitative estimate of drug-likeness (QED) is 0.826. The van der Waals surface area contributed by atoms with E-state index in [0.29, 0.717) is 5.56 Å². The van der Waals surface area contributed by atoms with Gasteiger partial charge in [-0.25, -0.2) is 8.78 Å². The first-order chi connectivity index (χ1) is 11.3. The summed E-state index contributed by atoms with van der Waals surface area (Å²) in [6.07, 6.45) is 0. The zero-order valence-corrected chi connectivity index (χ0v) is 13.4. The van der Waals surface area contributed by atoms with Crippen molar-refractivity contribution in [3.8, 4) is 0 Å². The van der Waals surface area contributed by atoms with Gasteiger partial charge < -0.3 is 10.6 Å². The van der Waals surface area contributed by atoms with Crippen molar-refractivity contribution in [2.75, 3.05) is 5.32 Å². The summed E-state index contributed by atoms with van der Waals surface area (Å²) in [5.74, 6) is -1.88. The molecule has 0 aromatic heterocycles. The summed E-state index contributed by atoms with van der Waals surface area (Å²) in [4.78, 5) is 24.6. The highest BCUT2D eigenvalue weighted by Crippen LogP contribution is 2.20. The Hall–Kier alpha value is -2.76. The molecule has 0 saturated heterocycles. The molecule has 0 aliphatic rings. The molecule has 0 aliphatic carbocycles. The van der Waals surface area contributed by atoms with Crippen molar-refractivity contribution < 1.29 is 18.4 Å².